The van der Waals surface area contributed by atoms with Gasteiger partial charge in [0, 0.05) is 29.2 Å². The van der Waals surface area contributed by atoms with Crippen LogP contribution in [0.1, 0.15) is 70.2 Å². The summed E-state index contributed by atoms with van der Waals surface area (Å²) in [5.74, 6) is 0.0303. The van der Waals surface area contributed by atoms with Crippen molar-refractivity contribution in [2.45, 2.75) is 77.2 Å². The van der Waals surface area contributed by atoms with E-state index in [0.717, 1.165) is 24.8 Å². The van der Waals surface area contributed by atoms with Crippen LogP contribution < -0.4 is 5.32 Å². The molecule has 242 valence electrons. The number of allylic oxidation sites excluding steroid dienone is 1. The lowest BCUT2D eigenvalue weighted by atomic mass is 9.47. The Labute approximate surface area is 276 Å². The molecule has 1 amide bonds. The number of amides is 1. The first kappa shape index (κ1) is 32.2. The third-order valence-corrected chi connectivity index (χ3v) is 12.9. The monoisotopic (exact) mass is 640 g/mol. The van der Waals surface area contributed by atoms with E-state index in [4.69, 9.17) is 17.4 Å². The van der Waals surface area contributed by atoms with Crippen molar-refractivity contribution in [3.05, 3.63) is 79.0 Å². The molecule has 3 fully saturated rings. The number of hydrogen-bond acceptors (Lipinski definition) is 7. The highest BCUT2D eigenvalue weighted by Crippen LogP contribution is 2.68. The molecule has 1 heterocycles. The number of Topliss-reactive ketones (excluding diaryl/α,β-unsaturated/α-hetero) is 1. The van der Waals surface area contributed by atoms with Crippen LogP contribution in [0.5, 0.6) is 0 Å². The van der Waals surface area contributed by atoms with Gasteiger partial charge in [0.15, 0.2) is 0 Å². The molecular formula is C37H44N4O4S. The second-order valence-corrected chi connectivity index (χ2v) is 14.8. The van der Waals surface area contributed by atoms with Gasteiger partial charge in [0.25, 0.3) is 5.91 Å². The van der Waals surface area contributed by atoms with Crippen LogP contribution in [-0.4, -0.2) is 43.5 Å². The lowest BCUT2D eigenvalue weighted by Gasteiger charge is -2.62. The van der Waals surface area contributed by atoms with Crippen LogP contribution in [0.15, 0.2) is 73.4 Å². The van der Waals surface area contributed by atoms with E-state index in [1.165, 1.54) is 4.68 Å². The molecule has 0 spiro atoms. The average Bonchev–Trinajstić information content (AvgIpc) is 3.62. The van der Waals surface area contributed by atoms with Gasteiger partial charge in [0.05, 0.1) is 10.9 Å². The van der Waals surface area contributed by atoms with Crippen LogP contribution in [0.2, 0.25) is 0 Å². The quantitative estimate of drug-likeness (QED) is 0.163. The number of rotatable bonds is 7. The molecule has 3 aromatic rings. The fourth-order valence-corrected chi connectivity index (χ4v) is 9.88. The van der Waals surface area contributed by atoms with Crippen molar-refractivity contribution in [1.29, 1.82) is 0 Å². The fourth-order valence-electron chi connectivity index (χ4n) is 8.92. The molecule has 46 heavy (non-hydrogen) atoms. The maximum atomic E-state index is 13.8. The molecule has 1 N–H and O–H groups in total. The zero-order valence-electron chi connectivity index (χ0n) is 27.1. The third-order valence-electron chi connectivity index (χ3n) is 11.9. The van der Waals surface area contributed by atoms with E-state index >= 15 is 0 Å². The largest absolute Gasteiger partial charge is 0.461 e. The highest BCUT2D eigenvalue weighted by Gasteiger charge is 2.70. The van der Waals surface area contributed by atoms with Crippen LogP contribution in [0, 0.1) is 34.5 Å². The molecule has 3 aliphatic carbocycles. The maximum Gasteiger partial charge on any atom is 0.328 e. The standard InChI is InChI=1S/C37H44N4O4S/c1-6-35(5)20-30(33-23(2)15-17-36(25(4)24(35)3)18-16-31(42)37(33,36)46)45-32(43)22-41-21-29(39-40-41)27-13-10-14-28(19-27)38-34(44)26-11-8-7-9-12-26/h6-14,19,21,23-25,30,33,46H,1,15-18,20,22H2,2-5H3,(H,38,44)/t23?,24-,25?,30?,33?,35+,36-,37?/m0/s1. The minimum atomic E-state index is -0.840. The van der Waals surface area contributed by atoms with Gasteiger partial charge in [-0.05, 0) is 78.5 Å². The number of ketones is 1. The predicted molar refractivity (Wildman–Crippen MR) is 181 cm³/mol. The first-order chi connectivity index (χ1) is 21.9. The first-order valence-electron chi connectivity index (χ1n) is 16.4. The normalized spacial score (nSPS) is 33.8. The number of carbonyl (C=O) groups is 3. The number of carbonyl (C=O) groups excluding carboxylic acids is 3. The fraction of sp³-hybridized carbons (Fsp3) is 0.486. The summed E-state index contributed by atoms with van der Waals surface area (Å²) in [4.78, 5) is 40.0. The van der Waals surface area contributed by atoms with E-state index in [-0.39, 0.29) is 52.7 Å². The van der Waals surface area contributed by atoms with Crippen LogP contribution in [0.25, 0.3) is 11.3 Å². The summed E-state index contributed by atoms with van der Waals surface area (Å²) in [7, 11) is 0. The molecule has 0 radical (unpaired) electrons. The molecule has 8 nitrogen and oxygen atoms in total. The summed E-state index contributed by atoms with van der Waals surface area (Å²) in [6.45, 7) is 13.0. The Bertz CT molecular complexity index is 1660. The average molecular weight is 641 g/mol. The Morgan fingerprint density at radius 2 is 1.87 bits per heavy atom. The highest BCUT2D eigenvalue weighted by atomic mass is 32.1. The smallest absolute Gasteiger partial charge is 0.328 e. The Kier molecular flexibility index (Phi) is 8.51. The molecule has 2 bridgehead atoms. The van der Waals surface area contributed by atoms with Crippen molar-refractivity contribution in [3.8, 4) is 11.3 Å². The predicted octanol–water partition coefficient (Wildman–Crippen LogP) is 7.04. The van der Waals surface area contributed by atoms with E-state index in [9.17, 15) is 14.4 Å². The summed E-state index contributed by atoms with van der Waals surface area (Å²) < 4.78 is 7.01. The Balaban J connectivity index is 1.22. The molecule has 1 aromatic heterocycles. The van der Waals surface area contributed by atoms with E-state index in [0.29, 0.717) is 29.8 Å². The number of anilines is 1. The Morgan fingerprint density at radius 3 is 2.61 bits per heavy atom. The van der Waals surface area contributed by atoms with Crippen molar-refractivity contribution in [2.24, 2.45) is 34.5 Å². The summed E-state index contributed by atoms with van der Waals surface area (Å²) in [6.07, 6.45) is 7.10. The number of thiol groups is 1. The van der Waals surface area contributed by atoms with Gasteiger partial charge in [-0.2, -0.15) is 12.6 Å². The molecule has 0 aliphatic heterocycles. The van der Waals surface area contributed by atoms with Crippen molar-refractivity contribution in [3.63, 3.8) is 0 Å². The van der Waals surface area contributed by atoms with Crippen molar-refractivity contribution in [1.82, 2.24) is 15.0 Å². The maximum absolute atomic E-state index is 13.8. The number of ether oxygens (including phenoxy) is 1. The molecule has 5 unspecified atom stereocenters. The molecule has 6 rings (SSSR count). The summed E-state index contributed by atoms with van der Waals surface area (Å²) in [5, 5.41) is 11.4. The van der Waals surface area contributed by atoms with Crippen molar-refractivity contribution in [2.75, 3.05) is 5.32 Å². The minimum absolute atomic E-state index is 0.121. The summed E-state index contributed by atoms with van der Waals surface area (Å²) in [6, 6.07) is 16.3. The Morgan fingerprint density at radius 1 is 1.11 bits per heavy atom. The summed E-state index contributed by atoms with van der Waals surface area (Å²) in [5.41, 5.74) is 1.98. The van der Waals surface area contributed by atoms with Gasteiger partial charge in [0.2, 0.25) is 0 Å². The molecule has 2 aromatic carbocycles. The van der Waals surface area contributed by atoms with E-state index in [1.807, 2.05) is 48.5 Å². The van der Waals surface area contributed by atoms with Crippen LogP contribution in [0.4, 0.5) is 5.69 Å². The summed E-state index contributed by atoms with van der Waals surface area (Å²) >= 11 is 5.33. The first-order valence-corrected chi connectivity index (χ1v) is 16.8. The van der Waals surface area contributed by atoms with E-state index in [1.54, 1.807) is 18.3 Å². The lowest BCUT2D eigenvalue weighted by molar-refractivity contribution is -0.169. The molecule has 3 aliphatic rings. The molecule has 0 saturated heterocycles. The zero-order chi connectivity index (χ0) is 32.9. The van der Waals surface area contributed by atoms with Gasteiger partial charge in [-0.25, -0.2) is 4.68 Å². The SMILES string of the molecule is C=C[C@]1(C)CC(OC(=O)Cn2cc(-c3cccc(NC(=O)c4ccccc4)c3)nn2)C2C(C)CC[C@]3(CCC(=O)C23S)C(C)[C@@H]1C. The number of aromatic nitrogens is 3. The number of nitrogens with zero attached hydrogens (tertiary/aromatic N) is 3. The number of esters is 1. The topological polar surface area (TPSA) is 103 Å². The Hall–Kier alpha value is -3.72. The van der Waals surface area contributed by atoms with Crippen LogP contribution in [0.3, 0.4) is 0 Å². The number of nitrogens with one attached hydrogen (secondary N) is 1. The van der Waals surface area contributed by atoms with Crippen LogP contribution in [-0.2, 0) is 20.9 Å². The van der Waals surface area contributed by atoms with Gasteiger partial charge in [0.1, 0.15) is 24.1 Å². The van der Waals surface area contributed by atoms with E-state index < -0.39 is 16.8 Å². The van der Waals surface area contributed by atoms with Crippen molar-refractivity contribution >= 4 is 36.0 Å². The second-order valence-electron chi connectivity index (χ2n) is 14.1. The van der Waals surface area contributed by atoms with Gasteiger partial charge < -0.3 is 10.1 Å². The molecular weight excluding hydrogens is 596 g/mol. The molecule has 9 heteroatoms. The minimum Gasteiger partial charge on any atom is -0.461 e. The molecule has 3 saturated carbocycles. The van der Waals surface area contributed by atoms with Crippen LogP contribution >= 0.6 is 12.6 Å². The number of benzene rings is 2. The van der Waals surface area contributed by atoms with Gasteiger partial charge in [-0.3, -0.25) is 14.4 Å². The zero-order valence-corrected chi connectivity index (χ0v) is 28.0. The third kappa shape index (κ3) is 5.30. The van der Waals surface area contributed by atoms with Crippen molar-refractivity contribution < 1.29 is 19.1 Å². The van der Waals surface area contributed by atoms with Gasteiger partial charge >= 0.3 is 5.97 Å². The van der Waals surface area contributed by atoms with Gasteiger partial charge in [-0.1, -0.05) is 69.3 Å². The second kappa shape index (κ2) is 12.1. The van der Waals surface area contributed by atoms with Gasteiger partial charge in [-0.15, -0.1) is 11.7 Å². The number of hydrogen-bond donors (Lipinski definition) is 2. The van der Waals surface area contributed by atoms with E-state index in [2.05, 4.69) is 49.9 Å². The highest BCUT2D eigenvalue weighted by molar-refractivity contribution is 7.82. The molecule has 8 atom stereocenters. The lowest BCUT2D eigenvalue weighted by Crippen LogP contribution is -2.64.